The first-order valence-electron chi connectivity index (χ1n) is 10.4. The molecule has 1 aliphatic heterocycles. The molecule has 8 heteroatoms. The molecule has 3 aromatic carbocycles. The number of urea groups is 1. The number of carbonyl (C=O) groups excluding carboxylic acids is 3. The lowest BCUT2D eigenvalue weighted by Gasteiger charge is -2.28. The normalized spacial score (nSPS) is 15.0. The fourth-order valence-electron chi connectivity index (χ4n) is 3.49. The van der Waals surface area contributed by atoms with Crippen molar-refractivity contribution in [1.29, 1.82) is 0 Å². The quantitative estimate of drug-likeness (QED) is 0.357. The zero-order chi connectivity index (χ0) is 24.4. The fraction of sp³-hybridized carbons (Fsp3) is 0.115. The summed E-state index contributed by atoms with van der Waals surface area (Å²) >= 11 is 3.44. The third kappa shape index (κ3) is 4.77. The van der Waals surface area contributed by atoms with Gasteiger partial charge in [-0.1, -0.05) is 30.3 Å². The lowest BCUT2D eigenvalue weighted by molar-refractivity contribution is -0.122. The Bertz CT molecular complexity index is 1340. The smallest absolute Gasteiger partial charge is 0.335 e. The Morgan fingerprint density at radius 1 is 1.03 bits per heavy atom. The highest BCUT2D eigenvalue weighted by atomic mass is 79.9. The molecule has 0 unspecified atom stereocenters. The third-order valence-corrected chi connectivity index (χ3v) is 6.11. The summed E-state index contributed by atoms with van der Waals surface area (Å²) in [5, 5.41) is 2.24. The number of imide groups is 2. The van der Waals surface area contributed by atoms with Crippen molar-refractivity contribution in [3.8, 4) is 5.75 Å². The molecule has 1 fully saturated rings. The van der Waals surface area contributed by atoms with Crippen molar-refractivity contribution in [2.24, 2.45) is 0 Å². The summed E-state index contributed by atoms with van der Waals surface area (Å²) in [5.74, 6) is -1.24. The van der Waals surface area contributed by atoms with Gasteiger partial charge in [-0.05, 0) is 88.4 Å². The molecule has 1 saturated heterocycles. The number of benzene rings is 3. The van der Waals surface area contributed by atoms with Gasteiger partial charge in [-0.25, -0.2) is 14.1 Å². The fourth-order valence-corrected chi connectivity index (χ4v) is 4.00. The van der Waals surface area contributed by atoms with Gasteiger partial charge in [0.05, 0.1) is 10.2 Å². The van der Waals surface area contributed by atoms with E-state index in [1.165, 1.54) is 18.2 Å². The van der Waals surface area contributed by atoms with E-state index in [2.05, 4.69) is 21.2 Å². The lowest BCUT2D eigenvalue weighted by atomic mass is 10.0. The van der Waals surface area contributed by atoms with Gasteiger partial charge in [0.25, 0.3) is 11.8 Å². The van der Waals surface area contributed by atoms with Crippen LogP contribution >= 0.6 is 15.9 Å². The van der Waals surface area contributed by atoms with Gasteiger partial charge in [0, 0.05) is 0 Å². The third-order valence-electron chi connectivity index (χ3n) is 5.49. The number of ether oxygens (including phenoxy) is 1. The van der Waals surface area contributed by atoms with Gasteiger partial charge in [0.15, 0.2) is 0 Å². The molecule has 34 heavy (non-hydrogen) atoms. The van der Waals surface area contributed by atoms with Crippen LogP contribution in [0.5, 0.6) is 5.75 Å². The maximum atomic E-state index is 13.2. The van der Waals surface area contributed by atoms with Gasteiger partial charge in [-0.3, -0.25) is 14.9 Å². The van der Waals surface area contributed by atoms with Gasteiger partial charge in [-0.2, -0.15) is 0 Å². The van der Waals surface area contributed by atoms with Crippen LogP contribution < -0.4 is 15.0 Å². The summed E-state index contributed by atoms with van der Waals surface area (Å²) in [7, 11) is 0. The molecule has 1 aliphatic rings. The number of carbonyl (C=O) groups is 3. The summed E-state index contributed by atoms with van der Waals surface area (Å²) in [5.41, 5.74) is 3.32. The van der Waals surface area contributed by atoms with Crippen molar-refractivity contribution >= 4 is 45.5 Å². The lowest BCUT2D eigenvalue weighted by Crippen LogP contribution is -2.54. The largest absolute Gasteiger partial charge is 0.488 e. The van der Waals surface area contributed by atoms with E-state index in [-0.39, 0.29) is 18.0 Å². The van der Waals surface area contributed by atoms with E-state index in [1.54, 1.807) is 42.5 Å². The number of hydrogen-bond donors (Lipinski definition) is 1. The van der Waals surface area contributed by atoms with E-state index in [0.29, 0.717) is 21.5 Å². The Morgan fingerprint density at radius 2 is 1.76 bits per heavy atom. The van der Waals surface area contributed by atoms with Crippen molar-refractivity contribution in [1.82, 2.24) is 5.32 Å². The first-order chi connectivity index (χ1) is 16.2. The molecule has 0 spiro atoms. The molecule has 0 saturated carbocycles. The van der Waals surface area contributed by atoms with E-state index in [9.17, 15) is 18.8 Å². The van der Waals surface area contributed by atoms with E-state index in [4.69, 9.17) is 4.74 Å². The Balaban J connectivity index is 1.58. The maximum Gasteiger partial charge on any atom is 0.335 e. The molecule has 0 aromatic heterocycles. The molecule has 1 heterocycles. The number of nitrogens with one attached hydrogen (secondary N) is 1. The Hall–Kier alpha value is -3.78. The minimum atomic E-state index is -0.786. The van der Waals surface area contributed by atoms with E-state index in [1.807, 2.05) is 19.9 Å². The molecule has 0 bridgehead atoms. The SMILES string of the molecule is Cc1cccc(N2C(=O)NC(=O)/C(=C\c3ccc(OCc4ccc(F)cc4)c(Br)c3)C2=O)c1C. The molecular weight excluding hydrogens is 503 g/mol. The number of aryl methyl sites for hydroxylation is 1. The monoisotopic (exact) mass is 522 g/mol. The predicted molar refractivity (Wildman–Crippen MR) is 130 cm³/mol. The van der Waals surface area contributed by atoms with Crippen LogP contribution in [0.15, 0.2) is 70.7 Å². The zero-order valence-corrected chi connectivity index (χ0v) is 20.0. The van der Waals surface area contributed by atoms with Crippen molar-refractivity contribution < 1.29 is 23.5 Å². The number of rotatable bonds is 5. The molecule has 0 aliphatic carbocycles. The molecule has 4 amide bonds. The number of anilines is 1. The minimum Gasteiger partial charge on any atom is -0.488 e. The highest BCUT2D eigenvalue weighted by Gasteiger charge is 2.37. The van der Waals surface area contributed by atoms with Crippen LogP contribution in [0, 0.1) is 19.7 Å². The van der Waals surface area contributed by atoms with Crippen molar-refractivity contribution in [3.05, 3.63) is 98.8 Å². The van der Waals surface area contributed by atoms with Crippen LogP contribution in [0.1, 0.15) is 22.3 Å². The summed E-state index contributed by atoms with van der Waals surface area (Å²) < 4.78 is 19.4. The van der Waals surface area contributed by atoms with E-state index < -0.39 is 17.8 Å². The topological polar surface area (TPSA) is 75.7 Å². The Kier molecular flexibility index (Phi) is 6.61. The van der Waals surface area contributed by atoms with Crippen LogP contribution in [-0.2, 0) is 16.2 Å². The summed E-state index contributed by atoms with van der Waals surface area (Å²) in [4.78, 5) is 39.1. The molecule has 172 valence electrons. The van der Waals surface area contributed by atoms with E-state index >= 15 is 0 Å². The van der Waals surface area contributed by atoms with Crippen LogP contribution in [0.4, 0.5) is 14.9 Å². The molecule has 4 rings (SSSR count). The minimum absolute atomic E-state index is 0.160. The van der Waals surface area contributed by atoms with Crippen molar-refractivity contribution in [2.45, 2.75) is 20.5 Å². The van der Waals surface area contributed by atoms with Crippen molar-refractivity contribution in [2.75, 3.05) is 4.90 Å². The van der Waals surface area contributed by atoms with Gasteiger partial charge in [0.2, 0.25) is 0 Å². The average molecular weight is 523 g/mol. The van der Waals surface area contributed by atoms with Gasteiger partial charge in [-0.15, -0.1) is 0 Å². The first kappa shape index (κ1) is 23.4. The molecule has 6 nitrogen and oxygen atoms in total. The zero-order valence-electron chi connectivity index (χ0n) is 18.4. The van der Waals surface area contributed by atoms with Crippen LogP contribution in [0.3, 0.4) is 0 Å². The number of hydrogen-bond acceptors (Lipinski definition) is 4. The average Bonchev–Trinajstić information content (AvgIpc) is 2.80. The number of halogens is 2. The van der Waals surface area contributed by atoms with Gasteiger partial charge in [0.1, 0.15) is 23.7 Å². The predicted octanol–water partition coefficient (Wildman–Crippen LogP) is 5.45. The summed E-state index contributed by atoms with van der Waals surface area (Å²) in [6.07, 6.45) is 1.43. The van der Waals surface area contributed by atoms with Crippen LogP contribution in [-0.4, -0.2) is 17.8 Å². The first-order valence-corrected chi connectivity index (χ1v) is 11.2. The Morgan fingerprint density at radius 3 is 2.47 bits per heavy atom. The van der Waals surface area contributed by atoms with Crippen LogP contribution in [0.2, 0.25) is 0 Å². The van der Waals surface area contributed by atoms with Crippen molar-refractivity contribution in [3.63, 3.8) is 0 Å². The number of amides is 4. The molecule has 1 N–H and O–H groups in total. The molecule has 3 aromatic rings. The van der Waals surface area contributed by atoms with Gasteiger partial charge >= 0.3 is 6.03 Å². The second kappa shape index (κ2) is 9.61. The second-order valence-corrected chi connectivity index (χ2v) is 8.64. The molecule has 0 atom stereocenters. The van der Waals surface area contributed by atoms with E-state index in [0.717, 1.165) is 21.6 Å². The number of barbiturate groups is 1. The van der Waals surface area contributed by atoms with Crippen LogP contribution in [0.25, 0.3) is 6.08 Å². The number of nitrogens with zero attached hydrogens (tertiary/aromatic N) is 1. The molecular formula is C26H20BrFN2O4. The Labute approximate surface area is 204 Å². The highest BCUT2D eigenvalue weighted by molar-refractivity contribution is 9.10. The maximum absolute atomic E-state index is 13.2. The summed E-state index contributed by atoms with van der Waals surface area (Å²) in [6, 6.07) is 15.6. The van der Waals surface area contributed by atoms with Gasteiger partial charge < -0.3 is 4.74 Å². The molecule has 0 radical (unpaired) electrons. The summed E-state index contributed by atoms with van der Waals surface area (Å²) in [6.45, 7) is 3.93. The standard InChI is InChI=1S/C26H20BrFN2O4/c1-15-4-3-5-22(16(15)2)30-25(32)20(24(31)29-26(30)33)12-18-8-11-23(21(27)13-18)34-14-17-6-9-19(28)10-7-17/h3-13H,14H2,1-2H3,(H,29,31,33)/b20-12+. The highest BCUT2D eigenvalue weighted by Crippen LogP contribution is 2.30. The second-order valence-electron chi connectivity index (χ2n) is 7.78.